The van der Waals surface area contributed by atoms with E-state index in [2.05, 4.69) is 70.9 Å². The smallest absolute Gasteiger partial charge is 0.192 e. The van der Waals surface area contributed by atoms with Crippen LogP contribution < -0.4 is 0 Å². The van der Waals surface area contributed by atoms with Gasteiger partial charge in [0, 0.05) is 5.92 Å². The summed E-state index contributed by atoms with van der Waals surface area (Å²) in [6.07, 6.45) is 3.57. The first-order valence-electron chi connectivity index (χ1n) is 7.22. The van der Waals surface area contributed by atoms with Crippen molar-refractivity contribution in [1.82, 2.24) is 0 Å². The number of hydrogen-bond acceptors (Lipinski definition) is 3. The van der Waals surface area contributed by atoms with Gasteiger partial charge in [-0.1, -0.05) is 33.8 Å². The Morgan fingerprint density at radius 3 is 2.21 bits per heavy atom. The molecule has 0 bridgehead atoms. The lowest BCUT2D eigenvalue weighted by Crippen LogP contribution is -2.46. The van der Waals surface area contributed by atoms with E-state index in [1.54, 1.807) is 0 Å². The maximum atomic E-state index is 6.56. The van der Waals surface area contributed by atoms with Crippen LogP contribution in [0.15, 0.2) is 12.7 Å². The Morgan fingerprint density at radius 2 is 1.79 bits per heavy atom. The first kappa shape index (κ1) is 17.7. The largest absolute Gasteiger partial charge is 0.410 e. The summed E-state index contributed by atoms with van der Waals surface area (Å²) in [6.45, 7) is 17.9. The average Bonchev–Trinajstić information content (AvgIpc) is 2.35. The maximum absolute atomic E-state index is 6.56. The summed E-state index contributed by atoms with van der Waals surface area (Å²) < 4.78 is 7.23. The molecule has 1 aliphatic rings. The molecule has 0 N–H and O–H groups in total. The van der Waals surface area contributed by atoms with E-state index in [1.807, 2.05) is 6.08 Å². The van der Waals surface area contributed by atoms with Crippen LogP contribution in [-0.4, -0.2) is 30.5 Å². The zero-order valence-corrected chi connectivity index (χ0v) is 16.0. The highest BCUT2D eigenvalue weighted by Gasteiger charge is 2.40. The van der Waals surface area contributed by atoms with Crippen LogP contribution in [-0.2, 0) is 4.43 Å². The molecular weight excluding hydrogens is 288 g/mol. The van der Waals surface area contributed by atoms with E-state index < -0.39 is 8.32 Å². The van der Waals surface area contributed by atoms with E-state index in [1.165, 1.54) is 17.9 Å². The molecule has 0 aromatic heterocycles. The van der Waals surface area contributed by atoms with E-state index in [9.17, 15) is 0 Å². The van der Waals surface area contributed by atoms with Crippen molar-refractivity contribution in [3.05, 3.63) is 12.7 Å². The van der Waals surface area contributed by atoms with E-state index in [4.69, 9.17) is 4.43 Å². The highest BCUT2D eigenvalue weighted by molar-refractivity contribution is 8.17. The summed E-state index contributed by atoms with van der Waals surface area (Å²) in [5.41, 5.74) is 0. The molecule has 1 aliphatic heterocycles. The molecule has 4 heteroatoms. The molecule has 0 spiro atoms. The van der Waals surface area contributed by atoms with Crippen LogP contribution in [0.5, 0.6) is 0 Å². The molecule has 1 nitrogen and oxygen atoms in total. The minimum atomic E-state index is -1.71. The van der Waals surface area contributed by atoms with Crippen LogP contribution in [0.3, 0.4) is 0 Å². The third-order valence-electron chi connectivity index (χ3n) is 4.27. The van der Waals surface area contributed by atoms with Crippen molar-refractivity contribution in [3.63, 3.8) is 0 Å². The highest BCUT2D eigenvalue weighted by Crippen LogP contribution is 2.42. The molecule has 1 saturated heterocycles. The predicted octanol–water partition coefficient (Wildman–Crippen LogP) is 5.40. The lowest BCUT2D eigenvalue weighted by Gasteiger charge is -2.41. The van der Waals surface area contributed by atoms with Crippen molar-refractivity contribution in [2.45, 2.75) is 62.9 Å². The number of thioether (sulfide) groups is 2. The lowest BCUT2D eigenvalue weighted by molar-refractivity contribution is 0.176. The highest BCUT2D eigenvalue weighted by atomic mass is 32.2. The van der Waals surface area contributed by atoms with Gasteiger partial charge in [-0.05, 0) is 36.1 Å². The van der Waals surface area contributed by atoms with Crippen LogP contribution in [0.1, 0.15) is 34.1 Å². The van der Waals surface area contributed by atoms with Gasteiger partial charge in [-0.15, -0.1) is 30.1 Å². The summed E-state index contributed by atoms with van der Waals surface area (Å²) in [5, 5.41) is 0.265. The molecule has 1 heterocycles. The molecule has 0 aromatic rings. The zero-order valence-electron chi connectivity index (χ0n) is 13.4. The minimum Gasteiger partial charge on any atom is -0.410 e. The van der Waals surface area contributed by atoms with Crippen molar-refractivity contribution in [2.24, 2.45) is 5.92 Å². The molecule has 0 radical (unpaired) electrons. The van der Waals surface area contributed by atoms with Crippen LogP contribution in [0, 0.1) is 5.92 Å². The fourth-order valence-corrected chi connectivity index (χ4v) is 6.34. The Bertz CT molecular complexity index is 293. The SMILES string of the molecule is C=C[C@H](O[Si](C)(C)C(C)(C)C)[C@@H](C)C1SCCCS1. The van der Waals surface area contributed by atoms with E-state index >= 15 is 0 Å². The van der Waals surface area contributed by atoms with Gasteiger partial charge in [-0.25, -0.2) is 0 Å². The van der Waals surface area contributed by atoms with Crippen molar-refractivity contribution < 1.29 is 4.43 Å². The van der Waals surface area contributed by atoms with Gasteiger partial charge >= 0.3 is 0 Å². The second kappa shape index (κ2) is 7.06. The standard InChI is InChI=1S/C15H30OS2Si/c1-8-13(16-19(6,7)15(3,4)5)12(2)14-17-10-9-11-18-14/h8,12-14H,1,9-11H2,2-7H3/t12-,13+/m1/s1. The summed E-state index contributed by atoms with van der Waals surface area (Å²) in [6, 6.07) is 0. The van der Waals surface area contributed by atoms with Crippen LogP contribution in [0.25, 0.3) is 0 Å². The third-order valence-corrected chi connectivity index (χ3v) is 12.1. The maximum Gasteiger partial charge on any atom is 0.192 e. The second-order valence-corrected chi connectivity index (χ2v) is 14.5. The van der Waals surface area contributed by atoms with Gasteiger partial charge in [0.25, 0.3) is 0 Å². The van der Waals surface area contributed by atoms with Gasteiger partial charge in [0.15, 0.2) is 8.32 Å². The van der Waals surface area contributed by atoms with Gasteiger partial charge in [0.2, 0.25) is 0 Å². The summed E-state index contributed by atoms with van der Waals surface area (Å²) in [4.78, 5) is 0. The molecule has 0 aliphatic carbocycles. The van der Waals surface area contributed by atoms with Crippen molar-refractivity contribution in [3.8, 4) is 0 Å². The second-order valence-electron chi connectivity index (χ2n) is 6.90. The topological polar surface area (TPSA) is 9.23 Å². The van der Waals surface area contributed by atoms with Gasteiger partial charge in [0.1, 0.15) is 0 Å². The molecule has 2 atom stereocenters. The van der Waals surface area contributed by atoms with Crippen molar-refractivity contribution >= 4 is 31.8 Å². The molecule has 0 amide bonds. The average molecular weight is 319 g/mol. The number of hydrogen-bond donors (Lipinski definition) is 0. The minimum absolute atomic E-state index is 0.198. The predicted molar refractivity (Wildman–Crippen MR) is 94.8 cm³/mol. The molecule has 19 heavy (non-hydrogen) atoms. The molecule has 0 saturated carbocycles. The lowest BCUT2D eigenvalue weighted by atomic mass is 10.1. The van der Waals surface area contributed by atoms with Crippen LogP contribution >= 0.6 is 23.5 Å². The third kappa shape index (κ3) is 4.83. The fourth-order valence-electron chi connectivity index (χ4n) is 1.85. The zero-order chi connectivity index (χ0) is 14.7. The molecule has 0 aromatic carbocycles. The summed E-state index contributed by atoms with van der Waals surface area (Å²) in [7, 11) is -1.71. The fraction of sp³-hybridized carbons (Fsp3) is 0.867. The molecule has 0 unspecified atom stereocenters. The van der Waals surface area contributed by atoms with Gasteiger partial charge in [-0.2, -0.15) is 0 Å². The molecule has 1 rings (SSSR count). The van der Waals surface area contributed by atoms with Crippen molar-refractivity contribution in [2.75, 3.05) is 11.5 Å². The van der Waals surface area contributed by atoms with Gasteiger partial charge in [-0.3, -0.25) is 0 Å². The Morgan fingerprint density at radius 1 is 1.26 bits per heavy atom. The first-order valence-corrected chi connectivity index (χ1v) is 12.2. The Balaban J connectivity index is 2.69. The Labute approximate surface area is 129 Å². The molecular formula is C15H30OS2Si. The molecule has 112 valence electrons. The van der Waals surface area contributed by atoms with Gasteiger partial charge < -0.3 is 4.43 Å². The Kier molecular flexibility index (Phi) is 6.56. The van der Waals surface area contributed by atoms with E-state index in [0.29, 0.717) is 10.5 Å². The number of rotatable bonds is 5. The monoisotopic (exact) mass is 318 g/mol. The van der Waals surface area contributed by atoms with E-state index in [0.717, 1.165) is 0 Å². The van der Waals surface area contributed by atoms with Crippen molar-refractivity contribution in [1.29, 1.82) is 0 Å². The normalized spacial score (nSPS) is 22.0. The summed E-state index contributed by atoms with van der Waals surface area (Å²) >= 11 is 4.20. The molecule has 1 fully saturated rings. The van der Waals surface area contributed by atoms with E-state index in [-0.39, 0.29) is 11.1 Å². The van der Waals surface area contributed by atoms with Crippen LogP contribution in [0.4, 0.5) is 0 Å². The quantitative estimate of drug-likeness (QED) is 0.496. The Hall–Kier alpha value is 0.617. The first-order chi connectivity index (χ1) is 8.69. The summed E-state index contributed by atoms with van der Waals surface area (Å²) in [5.74, 6) is 3.14. The van der Waals surface area contributed by atoms with Crippen LogP contribution in [0.2, 0.25) is 18.1 Å². The van der Waals surface area contributed by atoms with Gasteiger partial charge in [0.05, 0.1) is 10.7 Å².